The van der Waals surface area contributed by atoms with Crippen LogP contribution in [0.15, 0.2) is 24.3 Å². The maximum Gasteiger partial charge on any atom is 0.222 e. The van der Waals surface area contributed by atoms with E-state index < -0.39 is 5.60 Å². The molecule has 0 radical (unpaired) electrons. The SMILES string of the molecule is COc1cccc(C2(O)CCN(CCNC(=O)C(C)C)CC2)c1. The van der Waals surface area contributed by atoms with E-state index in [-0.39, 0.29) is 11.8 Å². The van der Waals surface area contributed by atoms with E-state index >= 15 is 0 Å². The zero-order chi connectivity index (χ0) is 16.9. The number of carbonyl (C=O) groups excluding carboxylic acids is 1. The molecule has 2 N–H and O–H groups in total. The lowest BCUT2D eigenvalue weighted by molar-refractivity contribution is -0.124. The maximum absolute atomic E-state index is 11.6. The first-order valence-electron chi connectivity index (χ1n) is 8.31. The summed E-state index contributed by atoms with van der Waals surface area (Å²) in [6.45, 7) is 6.92. The molecule has 1 heterocycles. The quantitative estimate of drug-likeness (QED) is 0.838. The molecule has 1 aliphatic heterocycles. The number of amides is 1. The molecule has 0 aromatic heterocycles. The van der Waals surface area contributed by atoms with E-state index in [1.807, 2.05) is 38.1 Å². The summed E-state index contributed by atoms with van der Waals surface area (Å²) in [6, 6.07) is 7.68. The van der Waals surface area contributed by atoms with E-state index in [2.05, 4.69) is 10.2 Å². The van der Waals surface area contributed by atoms with Crippen molar-refractivity contribution >= 4 is 5.91 Å². The molecule has 1 saturated heterocycles. The van der Waals surface area contributed by atoms with Gasteiger partial charge in [-0.2, -0.15) is 0 Å². The molecular weight excluding hydrogens is 292 g/mol. The highest BCUT2D eigenvalue weighted by Gasteiger charge is 2.34. The van der Waals surface area contributed by atoms with Gasteiger partial charge in [-0.3, -0.25) is 4.79 Å². The van der Waals surface area contributed by atoms with Gasteiger partial charge in [0.2, 0.25) is 5.91 Å². The van der Waals surface area contributed by atoms with E-state index in [0.29, 0.717) is 19.4 Å². The Labute approximate surface area is 138 Å². The summed E-state index contributed by atoms with van der Waals surface area (Å²) >= 11 is 0. The monoisotopic (exact) mass is 320 g/mol. The maximum atomic E-state index is 11.6. The van der Waals surface area contributed by atoms with Gasteiger partial charge in [0.05, 0.1) is 12.7 Å². The van der Waals surface area contributed by atoms with E-state index in [9.17, 15) is 9.90 Å². The van der Waals surface area contributed by atoms with Gasteiger partial charge in [-0.05, 0) is 30.5 Å². The standard InChI is InChI=1S/C18H28N2O3/c1-14(2)17(21)19-9-12-20-10-7-18(22,8-11-20)15-5-4-6-16(13-15)23-3/h4-6,13-14,22H,7-12H2,1-3H3,(H,19,21). The molecule has 0 unspecified atom stereocenters. The van der Waals surface area contributed by atoms with Crippen LogP contribution in [0.4, 0.5) is 0 Å². The summed E-state index contributed by atoms with van der Waals surface area (Å²) < 4.78 is 5.24. The summed E-state index contributed by atoms with van der Waals surface area (Å²) in [5, 5.41) is 13.9. The molecule has 5 heteroatoms. The van der Waals surface area contributed by atoms with Gasteiger partial charge in [0.15, 0.2) is 0 Å². The van der Waals surface area contributed by atoms with Crippen molar-refractivity contribution in [1.29, 1.82) is 0 Å². The highest BCUT2D eigenvalue weighted by molar-refractivity contribution is 5.77. The van der Waals surface area contributed by atoms with Crippen molar-refractivity contribution < 1.29 is 14.6 Å². The molecule has 23 heavy (non-hydrogen) atoms. The molecule has 0 aliphatic carbocycles. The second kappa shape index (κ2) is 7.79. The van der Waals surface area contributed by atoms with Gasteiger partial charge < -0.3 is 20.1 Å². The molecule has 0 spiro atoms. The van der Waals surface area contributed by atoms with E-state index in [1.54, 1.807) is 7.11 Å². The number of likely N-dealkylation sites (tertiary alicyclic amines) is 1. The fraction of sp³-hybridized carbons (Fsp3) is 0.611. The molecule has 1 fully saturated rings. The van der Waals surface area contributed by atoms with Crippen LogP contribution < -0.4 is 10.1 Å². The first-order chi connectivity index (χ1) is 10.9. The number of aliphatic hydroxyl groups is 1. The number of ether oxygens (including phenoxy) is 1. The highest BCUT2D eigenvalue weighted by atomic mass is 16.5. The predicted octanol–water partition coefficient (Wildman–Crippen LogP) is 1.75. The molecule has 0 saturated carbocycles. The van der Waals surface area contributed by atoms with Crippen LogP contribution in [0.5, 0.6) is 5.75 Å². The number of carbonyl (C=O) groups is 1. The van der Waals surface area contributed by atoms with Crippen LogP contribution in [0.25, 0.3) is 0 Å². The Morgan fingerprint density at radius 1 is 1.39 bits per heavy atom. The smallest absolute Gasteiger partial charge is 0.222 e. The van der Waals surface area contributed by atoms with E-state index in [1.165, 1.54) is 0 Å². The Hall–Kier alpha value is -1.59. The number of piperidine rings is 1. The van der Waals surface area contributed by atoms with E-state index in [4.69, 9.17) is 4.74 Å². The van der Waals surface area contributed by atoms with Crippen molar-refractivity contribution in [3.63, 3.8) is 0 Å². The van der Waals surface area contributed by atoms with Gasteiger partial charge in [0, 0.05) is 32.1 Å². The molecule has 1 amide bonds. The second-order valence-electron chi connectivity index (χ2n) is 6.55. The van der Waals surface area contributed by atoms with Crippen LogP contribution in [0.2, 0.25) is 0 Å². The van der Waals surface area contributed by atoms with Crippen molar-refractivity contribution in [2.45, 2.75) is 32.3 Å². The fourth-order valence-electron chi connectivity index (χ4n) is 2.89. The lowest BCUT2D eigenvalue weighted by Gasteiger charge is -2.38. The number of hydrogen-bond acceptors (Lipinski definition) is 4. The zero-order valence-corrected chi connectivity index (χ0v) is 14.3. The Balaban J connectivity index is 1.84. The Bertz CT molecular complexity index is 523. The highest BCUT2D eigenvalue weighted by Crippen LogP contribution is 2.34. The van der Waals surface area contributed by atoms with Crippen molar-refractivity contribution in [1.82, 2.24) is 10.2 Å². The summed E-state index contributed by atoms with van der Waals surface area (Å²) in [5.41, 5.74) is 0.135. The number of nitrogens with zero attached hydrogens (tertiary/aromatic N) is 1. The van der Waals surface area contributed by atoms with Crippen molar-refractivity contribution in [3.05, 3.63) is 29.8 Å². The fourth-order valence-corrected chi connectivity index (χ4v) is 2.89. The Kier molecular flexibility index (Phi) is 6.02. The topological polar surface area (TPSA) is 61.8 Å². The van der Waals surface area contributed by atoms with Crippen molar-refractivity contribution in [2.24, 2.45) is 5.92 Å². The molecule has 1 aromatic carbocycles. The average Bonchev–Trinajstić information content (AvgIpc) is 2.56. The molecule has 2 rings (SSSR count). The molecule has 1 aromatic rings. The second-order valence-corrected chi connectivity index (χ2v) is 6.55. The first kappa shape index (κ1) is 17.8. The molecule has 0 atom stereocenters. The van der Waals surface area contributed by atoms with Crippen molar-refractivity contribution in [3.8, 4) is 5.75 Å². The minimum absolute atomic E-state index is 0.0227. The third-order valence-electron chi connectivity index (χ3n) is 4.54. The lowest BCUT2D eigenvalue weighted by atomic mass is 9.84. The molecular formula is C18H28N2O3. The first-order valence-corrected chi connectivity index (χ1v) is 8.31. The van der Waals surface area contributed by atoms with Gasteiger partial charge >= 0.3 is 0 Å². The van der Waals surface area contributed by atoms with Crippen LogP contribution in [0.1, 0.15) is 32.3 Å². The number of benzene rings is 1. The minimum atomic E-state index is -0.785. The minimum Gasteiger partial charge on any atom is -0.497 e. The van der Waals surface area contributed by atoms with Crippen LogP contribution in [0.3, 0.4) is 0 Å². The third kappa shape index (κ3) is 4.69. The summed E-state index contributed by atoms with van der Waals surface area (Å²) in [4.78, 5) is 13.8. The number of rotatable bonds is 6. The number of nitrogens with one attached hydrogen (secondary N) is 1. The Morgan fingerprint density at radius 3 is 2.70 bits per heavy atom. The van der Waals surface area contributed by atoms with Crippen LogP contribution >= 0.6 is 0 Å². The molecule has 128 valence electrons. The normalized spacial score (nSPS) is 18.0. The predicted molar refractivity (Wildman–Crippen MR) is 90.4 cm³/mol. The van der Waals surface area contributed by atoms with E-state index in [0.717, 1.165) is 30.9 Å². The average molecular weight is 320 g/mol. The van der Waals surface area contributed by atoms with Crippen LogP contribution in [0, 0.1) is 5.92 Å². The van der Waals surface area contributed by atoms with Gasteiger partial charge in [-0.25, -0.2) is 0 Å². The third-order valence-corrected chi connectivity index (χ3v) is 4.54. The van der Waals surface area contributed by atoms with Crippen molar-refractivity contribution in [2.75, 3.05) is 33.3 Å². The van der Waals surface area contributed by atoms with Gasteiger partial charge in [0.1, 0.15) is 5.75 Å². The lowest BCUT2D eigenvalue weighted by Crippen LogP contribution is -2.45. The molecule has 0 bridgehead atoms. The molecule has 1 aliphatic rings. The summed E-state index contributed by atoms with van der Waals surface area (Å²) in [7, 11) is 1.64. The van der Waals surface area contributed by atoms with Crippen LogP contribution in [-0.2, 0) is 10.4 Å². The largest absolute Gasteiger partial charge is 0.497 e. The molecule has 5 nitrogen and oxygen atoms in total. The number of hydrogen-bond donors (Lipinski definition) is 2. The summed E-state index contributed by atoms with van der Waals surface area (Å²) in [5.74, 6) is 0.888. The summed E-state index contributed by atoms with van der Waals surface area (Å²) in [6.07, 6.45) is 1.39. The Morgan fingerprint density at radius 2 is 2.09 bits per heavy atom. The van der Waals surface area contributed by atoms with Gasteiger partial charge in [-0.1, -0.05) is 26.0 Å². The number of methoxy groups -OCH3 is 1. The van der Waals surface area contributed by atoms with Crippen LogP contribution in [-0.4, -0.2) is 49.2 Å². The van der Waals surface area contributed by atoms with Gasteiger partial charge in [-0.15, -0.1) is 0 Å². The van der Waals surface area contributed by atoms with Gasteiger partial charge in [0.25, 0.3) is 0 Å². The zero-order valence-electron chi connectivity index (χ0n) is 14.3.